The molecule has 1 saturated heterocycles. The van der Waals surface area contributed by atoms with E-state index in [0.717, 1.165) is 0 Å². The summed E-state index contributed by atoms with van der Waals surface area (Å²) >= 11 is 0. The predicted octanol–water partition coefficient (Wildman–Crippen LogP) is -0.628. The third-order valence-corrected chi connectivity index (χ3v) is 3.37. The molecule has 8 heavy (non-hydrogen) atoms. The van der Waals surface area contributed by atoms with Crippen molar-refractivity contribution in [3.63, 3.8) is 0 Å². The summed E-state index contributed by atoms with van der Waals surface area (Å²) in [5, 5.41) is -0.678. The smallest absolute Gasteiger partial charge is 0.160 e. The Labute approximate surface area is 47.6 Å². The molecule has 1 atom stereocenters. The molecule has 1 fully saturated rings. The van der Waals surface area contributed by atoms with Gasteiger partial charge in [-0.2, -0.15) is 0 Å². The van der Waals surface area contributed by atoms with Gasteiger partial charge in [-0.1, -0.05) is 0 Å². The molecule has 3 nitrogen and oxygen atoms in total. The second-order valence-corrected chi connectivity index (χ2v) is 4.17. The van der Waals surface area contributed by atoms with Crippen LogP contribution < -0.4 is 0 Å². The average Bonchev–Trinajstić information content (AvgIpc) is 1.66. The summed E-state index contributed by atoms with van der Waals surface area (Å²) in [6.45, 7) is 0. The fraction of sp³-hybridized carbons (Fsp3) is 0.750. The third kappa shape index (κ3) is 0.647. The van der Waals surface area contributed by atoms with Crippen LogP contribution in [0, 0.1) is 0 Å². The van der Waals surface area contributed by atoms with Crippen LogP contribution in [-0.4, -0.2) is 25.7 Å². The maximum Gasteiger partial charge on any atom is 0.160 e. The molecule has 0 N–H and O–H groups in total. The van der Waals surface area contributed by atoms with E-state index in [9.17, 15) is 13.2 Å². The molecule has 1 heterocycles. The molecule has 0 aromatic heterocycles. The Kier molecular flexibility index (Phi) is 1.11. The topological polar surface area (TPSA) is 51.2 Å². The van der Waals surface area contributed by atoms with E-state index >= 15 is 0 Å². The Morgan fingerprint density at radius 2 is 2.12 bits per heavy atom. The van der Waals surface area contributed by atoms with Crippen LogP contribution in [0.5, 0.6) is 0 Å². The number of sulfone groups is 1. The van der Waals surface area contributed by atoms with Gasteiger partial charge in [-0.25, -0.2) is 8.42 Å². The summed E-state index contributed by atoms with van der Waals surface area (Å²) in [5.74, 6) is 0.191. The summed E-state index contributed by atoms with van der Waals surface area (Å²) in [6, 6.07) is 0. The lowest BCUT2D eigenvalue weighted by molar-refractivity contribution is -0.107. The predicted molar refractivity (Wildman–Crippen MR) is 28.3 cm³/mol. The summed E-state index contributed by atoms with van der Waals surface area (Å²) in [4.78, 5) is 9.82. The summed E-state index contributed by atoms with van der Waals surface area (Å²) in [5.41, 5.74) is 0. The van der Waals surface area contributed by atoms with Crippen LogP contribution in [0.2, 0.25) is 0 Å². The second kappa shape index (κ2) is 1.55. The van der Waals surface area contributed by atoms with Crippen LogP contribution in [0.3, 0.4) is 0 Å². The lowest BCUT2D eigenvalue weighted by Gasteiger charge is -2.19. The molecule has 0 aromatic rings. The van der Waals surface area contributed by atoms with Crippen LogP contribution >= 0.6 is 0 Å². The van der Waals surface area contributed by atoms with Gasteiger partial charge in [-0.05, 0) is 6.42 Å². The fourth-order valence-corrected chi connectivity index (χ4v) is 1.66. The van der Waals surface area contributed by atoms with E-state index < -0.39 is 15.1 Å². The third-order valence-electron chi connectivity index (χ3n) is 1.30. The first-order valence-electron chi connectivity index (χ1n) is 2.33. The summed E-state index contributed by atoms with van der Waals surface area (Å²) in [6.07, 6.45) is 1.02. The lowest BCUT2D eigenvalue weighted by Crippen LogP contribution is -2.37. The van der Waals surface area contributed by atoms with Gasteiger partial charge < -0.3 is 4.79 Å². The molecule has 1 aliphatic heterocycles. The number of rotatable bonds is 1. The molecule has 0 aliphatic carbocycles. The van der Waals surface area contributed by atoms with Crippen molar-refractivity contribution in [2.24, 2.45) is 0 Å². The zero-order chi connectivity index (χ0) is 6.20. The fourth-order valence-electron chi connectivity index (χ4n) is 0.599. The molecule has 4 heteroatoms. The zero-order valence-corrected chi connectivity index (χ0v) is 5.02. The van der Waals surface area contributed by atoms with Crippen molar-refractivity contribution in [3.05, 3.63) is 0 Å². The number of hydrogen-bond acceptors (Lipinski definition) is 3. The molecule has 0 spiro atoms. The van der Waals surface area contributed by atoms with Gasteiger partial charge in [0.15, 0.2) is 9.84 Å². The largest absolute Gasteiger partial charge is 0.302 e. The minimum Gasteiger partial charge on any atom is -0.302 e. The number of aldehydes is 1. The highest BCUT2D eigenvalue weighted by molar-refractivity contribution is 7.94. The lowest BCUT2D eigenvalue weighted by atomic mass is 10.3. The number of carbonyl (C=O) groups excluding carboxylic acids is 1. The van der Waals surface area contributed by atoms with E-state index in [1.807, 2.05) is 0 Å². The summed E-state index contributed by atoms with van der Waals surface area (Å²) in [7, 11) is -2.94. The average molecular weight is 134 g/mol. The van der Waals surface area contributed by atoms with Gasteiger partial charge in [0.2, 0.25) is 0 Å². The summed E-state index contributed by atoms with van der Waals surface area (Å²) < 4.78 is 20.8. The maximum absolute atomic E-state index is 10.4. The second-order valence-electron chi connectivity index (χ2n) is 1.83. The zero-order valence-electron chi connectivity index (χ0n) is 4.20. The molecule has 1 unspecified atom stereocenters. The molecular formula is C4H6O3S. The molecule has 0 amide bonds. The van der Waals surface area contributed by atoms with E-state index in [1.165, 1.54) is 0 Å². The molecule has 1 aliphatic rings. The van der Waals surface area contributed by atoms with Crippen LogP contribution in [0.25, 0.3) is 0 Å². The Morgan fingerprint density at radius 1 is 1.50 bits per heavy atom. The molecule has 0 aromatic carbocycles. The van der Waals surface area contributed by atoms with Gasteiger partial charge >= 0.3 is 0 Å². The number of carbonyl (C=O) groups is 1. The monoisotopic (exact) mass is 134 g/mol. The normalized spacial score (nSPS) is 33.2. The van der Waals surface area contributed by atoms with E-state index in [2.05, 4.69) is 0 Å². The molecule has 0 saturated carbocycles. The Bertz CT molecular complexity index is 191. The maximum atomic E-state index is 10.4. The molecule has 1 rings (SSSR count). The quantitative estimate of drug-likeness (QED) is 0.449. The Hall–Kier alpha value is -0.380. The molecule has 0 radical (unpaired) electrons. The SMILES string of the molecule is O=CC1CCS1(=O)=O. The van der Waals surface area contributed by atoms with E-state index in [0.29, 0.717) is 12.7 Å². The first-order valence-corrected chi connectivity index (χ1v) is 4.05. The van der Waals surface area contributed by atoms with Gasteiger partial charge in [-0.3, -0.25) is 0 Å². The van der Waals surface area contributed by atoms with Gasteiger partial charge in [0, 0.05) is 0 Å². The number of hydrogen-bond donors (Lipinski definition) is 0. The highest BCUT2D eigenvalue weighted by Gasteiger charge is 2.34. The highest BCUT2D eigenvalue weighted by atomic mass is 32.2. The van der Waals surface area contributed by atoms with Crippen LogP contribution in [0.1, 0.15) is 6.42 Å². The van der Waals surface area contributed by atoms with E-state index in [1.54, 1.807) is 0 Å². The van der Waals surface area contributed by atoms with Gasteiger partial charge in [-0.15, -0.1) is 0 Å². The van der Waals surface area contributed by atoms with Crippen LogP contribution in [-0.2, 0) is 14.6 Å². The first-order chi connectivity index (χ1) is 3.67. The van der Waals surface area contributed by atoms with Crippen molar-refractivity contribution in [1.29, 1.82) is 0 Å². The minimum absolute atomic E-state index is 0.191. The van der Waals surface area contributed by atoms with Gasteiger partial charge in [0.25, 0.3) is 0 Å². The molecule has 0 bridgehead atoms. The Morgan fingerprint density at radius 3 is 2.12 bits per heavy atom. The molecular weight excluding hydrogens is 128 g/mol. The van der Waals surface area contributed by atoms with Crippen molar-refractivity contribution >= 4 is 16.1 Å². The van der Waals surface area contributed by atoms with Gasteiger partial charge in [0.1, 0.15) is 11.5 Å². The van der Waals surface area contributed by atoms with Crippen LogP contribution in [0.15, 0.2) is 0 Å². The van der Waals surface area contributed by atoms with Crippen molar-refractivity contribution in [2.75, 3.05) is 5.75 Å². The molecule has 46 valence electrons. The van der Waals surface area contributed by atoms with Crippen molar-refractivity contribution < 1.29 is 13.2 Å². The standard InChI is InChI=1S/C4H6O3S/c5-3-4-1-2-8(4,6)7/h3-4H,1-2H2. The van der Waals surface area contributed by atoms with E-state index in [4.69, 9.17) is 0 Å². The van der Waals surface area contributed by atoms with Crippen LogP contribution in [0.4, 0.5) is 0 Å². The van der Waals surface area contributed by atoms with E-state index in [-0.39, 0.29) is 5.75 Å². The van der Waals surface area contributed by atoms with Gasteiger partial charge in [0.05, 0.1) is 5.75 Å². The highest BCUT2D eigenvalue weighted by Crippen LogP contribution is 2.17. The minimum atomic E-state index is -2.94. The van der Waals surface area contributed by atoms with Crippen molar-refractivity contribution in [1.82, 2.24) is 0 Å². The van der Waals surface area contributed by atoms with Crippen molar-refractivity contribution in [3.8, 4) is 0 Å². The Balaban J connectivity index is 2.78. The first kappa shape index (κ1) is 5.75. The van der Waals surface area contributed by atoms with Crippen molar-refractivity contribution in [2.45, 2.75) is 11.7 Å².